The number of aromatic nitrogens is 2. The van der Waals surface area contributed by atoms with Gasteiger partial charge >= 0.3 is 0 Å². The third-order valence-corrected chi connectivity index (χ3v) is 4.31. The molecule has 1 amide bonds. The summed E-state index contributed by atoms with van der Waals surface area (Å²) < 4.78 is 0. The van der Waals surface area contributed by atoms with Gasteiger partial charge in [0, 0.05) is 30.2 Å². The first-order valence-corrected chi connectivity index (χ1v) is 8.07. The molecule has 0 unspecified atom stereocenters. The summed E-state index contributed by atoms with van der Waals surface area (Å²) in [7, 11) is 0. The highest BCUT2D eigenvalue weighted by atomic mass is 16.1. The van der Waals surface area contributed by atoms with Crippen molar-refractivity contribution in [3.8, 4) is 0 Å². The van der Waals surface area contributed by atoms with Gasteiger partial charge in [0.15, 0.2) is 0 Å². The van der Waals surface area contributed by atoms with Gasteiger partial charge in [0.1, 0.15) is 12.0 Å². The summed E-state index contributed by atoms with van der Waals surface area (Å²) in [6.07, 6.45) is 3.89. The predicted octanol–water partition coefficient (Wildman–Crippen LogP) is 3.27. The normalized spacial score (nSPS) is 15.5. The Balaban J connectivity index is 1.64. The second kappa shape index (κ2) is 6.77. The van der Waals surface area contributed by atoms with Crippen LogP contribution in [-0.4, -0.2) is 29.0 Å². The van der Waals surface area contributed by atoms with Gasteiger partial charge in [-0.25, -0.2) is 9.97 Å². The number of hydrogen-bond acceptors (Lipinski definition) is 4. The van der Waals surface area contributed by atoms with E-state index >= 15 is 0 Å². The van der Waals surface area contributed by atoms with Crippen LogP contribution in [0.3, 0.4) is 0 Å². The van der Waals surface area contributed by atoms with Crippen LogP contribution in [0.4, 0.5) is 11.4 Å². The third kappa shape index (κ3) is 3.86. The Labute approximate surface area is 136 Å². The highest BCUT2D eigenvalue weighted by Crippen LogP contribution is 2.24. The first-order valence-electron chi connectivity index (χ1n) is 8.07. The molecule has 0 bridgehead atoms. The number of piperidine rings is 1. The summed E-state index contributed by atoms with van der Waals surface area (Å²) in [4.78, 5) is 22.6. The number of hydrogen-bond donors (Lipinski definition) is 1. The Morgan fingerprint density at radius 3 is 2.52 bits per heavy atom. The van der Waals surface area contributed by atoms with Crippen LogP contribution in [-0.2, 0) is 0 Å². The number of carbonyl (C=O) groups is 1. The number of nitrogens with zero attached hydrogens (tertiary/aromatic N) is 3. The van der Waals surface area contributed by atoms with E-state index in [2.05, 4.69) is 39.2 Å². The van der Waals surface area contributed by atoms with Crippen LogP contribution in [0.5, 0.6) is 0 Å². The minimum atomic E-state index is -0.213. The summed E-state index contributed by atoms with van der Waals surface area (Å²) in [5.74, 6) is 0.608. The molecule has 23 heavy (non-hydrogen) atoms. The van der Waals surface area contributed by atoms with E-state index in [4.69, 9.17) is 0 Å². The van der Waals surface area contributed by atoms with Gasteiger partial charge in [-0.15, -0.1) is 0 Å². The highest BCUT2D eigenvalue weighted by Gasteiger charge is 2.16. The summed E-state index contributed by atoms with van der Waals surface area (Å²) in [5, 5.41) is 2.87. The fraction of sp³-hybridized carbons (Fsp3) is 0.389. The molecule has 1 aliphatic rings. The van der Waals surface area contributed by atoms with Gasteiger partial charge in [0.05, 0.1) is 0 Å². The van der Waals surface area contributed by atoms with Gasteiger partial charge in [0.2, 0.25) is 0 Å². The first kappa shape index (κ1) is 15.5. The number of carbonyl (C=O) groups excluding carboxylic acids is 1. The van der Waals surface area contributed by atoms with Crippen molar-refractivity contribution in [1.82, 2.24) is 9.97 Å². The number of anilines is 2. The molecule has 3 rings (SSSR count). The van der Waals surface area contributed by atoms with E-state index in [-0.39, 0.29) is 5.91 Å². The maximum atomic E-state index is 12.2. The van der Waals surface area contributed by atoms with E-state index in [1.807, 2.05) is 19.1 Å². The number of rotatable bonds is 3. The van der Waals surface area contributed by atoms with Gasteiger partial charge in [-0.3, -0.25) is 4.79 Å². The first-order chi connectivity index (χ1) is 11.1. The molecule has 2 aromatic rings. The lowest BCUT2D eigenvalue weighted by molar-refractivity contribution is 0.102. The van der Waals surface area contributed by atoms with E-state index in [0.717, 1.165) is 30.4 Å². The van der Waals surface area contributed by atoms with Crippen molar-refractivity contribution < 1.29 is 4.79 Å². The van der Waals surface area contributed by atoms with Gasteiger partial charge in [-0.1, -0.05) is 6.92 Å². The van der Waals surface area contributed by atoms with Gasteiger partial charge < -0.3 is 10.2 Å². The molecule has 5 nitrogen and oxygen atoms in total. The summed E-state index contributed by atoms with van der Waals surface area (Å²) in [6.45, 7) is 6.36. The lowest BCUT2D eigenvalue weighted by Gasteiger charge is -2.32. The Kier molecular flexibility index (Phi) is 4.55. The van der Waals surface area contributed by atoms with Gasteiger partial charge in [-0.05, 0) is 56.0 Å². The fourth-order valence-corrected chi connectivity index (χ4v) is 2.80. The van der Waals surface area contributed by atoms with Crippen LogP contribution in [0.25, 0.3) is 0 Å². The van der Waals surface area contributed by atoms with Gasteiger partial charge in [0.25, 0.3) is 5.91 Å². The van der Waals surface area contributed by atoms with Crippen LogP contribution < -0.4 is 10.2 Å². The van der Waals surface area contributed by atoms with Crippen molar-refractivity contribution in [3.05, 3.63) is 48.0 Å². The molecule has 0 saturated carbocycles. The number of nitrogens with one attached hydrogen (secondary N) is 1. The molecule has 120 valence electrons. The van der Waals surface area contributed by atoms with Crippen molar-refractivity contribution in [2.24, 2.45) is 5.92 Å². The zero-order valence-electron chi connectivity index (χ0n) is 13.6. The highest BCUT2D eigenvalue weighted by molar-refractivity contribution is 6.02. The number of aryl methyl sites for hydroxylation is 1. The van der Waals surface area contributed by atoms with Crippen LogP contribution in [0.15, 0.2) is 36.7 Å². The number of amides is 1. The van der Waals surface area contributed by atoms with Crippen molar-refractivity contribution in [3.63, 3.8) is 0 Å². The van der Waals surface area contributed by atoms with Crippen LogP contribution in [0.1, 0.15) is 35.9 Å². The number of benzene rings is 1. The maximum absolute atomic E-state index is 12.2. The molecule has 5 heteroatoms. The smallest absolute Gasteiger partial charge is 0.274 e. The van der Waals surface area contributed by atoms with Crippen LogP contribution in [0.2, 0.25) is 0 Å². The molecule has 0 atom stereocenters. The van der Waals surface area contributed by atoms with Crippen LogP contribution in [0, 0.1) is 12.8 Å². The summed E-state index contributed by atoms with van der Waals surface area (Å²) in [6, 6.07) is 9.70. The molecular weight excluding hydrogens is 288 g/mol. The van der Waals surface area contributed by atoms with E-state index < -0.39 is 0 Å². The third-order valence-electron chi connectivity index (χ3n) is 4.31. The van der Waals surface area contributed by atoms with E-state index in [9.17, 15) is 4.79 Å². The van der Waals surface area contributed by atoms with Crippen LogP contribution >= 0.6 is 0 Å². The maximum Gasteiger partial charge on any atom is 0.274 e. The van der Waals surface area contributed by atoms with Gasteiger partial charge in [-0.2, -0.15) is 0 Å². The molecule has 0 spiro atoms. The summed E-state index contributed by atoms with van der Waals surface area (Å²) in [5.41, 5.74) is 3.15. The van der Waals surface area contributed by atoms with Crippen molar-refractivity contribution in [2.75, 3.05) is 23.3 Å². The molecule has 1 aromatic heterocycles. The van der Waals surface area contributed by atoms with Crippen molar-refractivity contribution >= 4 is 17.3 Å². The quantitative estimate of drug-likeness (QED) is 0.945. The largest absolute Gasteiger partial charge is 0.372 e. The lowest BCUT2D eigenvalue weighted by Crippen LogP contribution is -2.32. The Morgan fingerprint density at radius 2 is 1.87 bits per heavy atom. The Bertz CT molecular complexity index is 676. The minimum Gasteiger partial charge on any atom is -0.372 e. The van der Waals surface area contributed by atoms with E-state index in [1.54, 1.807) is 6.07 Å². The molecule has 1 fully saturated rings. The second-order valence-electron chi connectivity index (χ2n) is 6.22. The second-order valence-corrected chi connectivity index (χ2v) is 6.22. The fourth-order valence-electron chi connectivity index (χ4n) is 2.80. The van der Waals surface area contributed by atoms with Crippen molar-refractivity contribution in [2.45, 2.75) is 26.7 Å². The zero-order chi connectivity index (χ0) is 16.2. The SMILES string of the molecule is Cc1cc(C(=O)Nc2ccc(N3CCC(C)CC3)cc2)ncn1. The Hall–Kier alpha value is -2.43. The monoisotopic (exact) mass is 310 g/mol. The Morgan fingerprint density at radius 1 is 1.17 bits per heavy atom. The zero-order valence-corrected chi connectivity index (χ0v) is 13.6. The molecule has 1 N–H and O–H groups in total. The standard InChI is InChI=1S/C18H22N4O/c1-13-7-9-22(10-8-13)16-5-3-15(4-6-16)21-18(23)17-11-14(2)19-12-20-17/h3-6,11-13H,7-10H2,1-2H3,(H,21,23). The molecule has 2 heterocycles. The molecule has 0 radical (unpaired) electrons. The molecule has 0 aliphatic carbocycles. The van der Waals surface area contributed by atoms with E-state index in [0.29, 0.717) is 5.69 Å². The molecule has 1 aromatic carbocycles. The minimum absolute atomic E-state index is 0.213. The van der Waals surface area contributed by atoms with E-state index in [1.165, 1.54) is 24.9 Å². The topological polar surface area (TPSA) is 58.1 Å². The molecule has 1 aliphatic heterocycles. The lowest BCUT2D eigenvalue weighted by atomic mass is 9.99. The molecular formula is C18H22N4O. The average Bonchev–Trinajstić information content (AvgIpc) is 2.56. The molecule has 1 saturated heterocycles. The predicted molar refractivity (Wildman–Crippen MR) is 91.8 cm³/mol. The summed E-state index contributed by atoms with van der Waals surface area (Å²) >= 11 is 0. The average molecular weight is 310 g/mol. The van der Waals surface area contributed by atoms with Crippen molar-refractivity contribution in [1.29, 1.82) is 0 Å².